The number of halogens is 2. The summed E-state index contributed by atoms with van der Waals surface area (Å²) in [5, 5.41) is 0. The monoisotopic (exact) mass is 170 g/mol. The smallest absolute Gasteiger partial charge is 0.117 e. The van der Waals surface area contributed by atoms with Crippen LogP contribution < -0.4 is 0 Å². The van der Waals surface area contributed by atoms with Crippen LogP contribution in [0.2, 0.25) is 0 Å². The van der Waals surface area contributed by atoms with Gasteiger partial charge in [-0.1, -0.05) is 15.9 Å². The van der Waals surface area contributed by atoms with E-state index in [-0.39, 0.29) is 10.4 Å². The van der Waals surface area contributed by atoms with E-state index in [0.29, 0.717) is 0 Å². The van der Waals surface area contributed by atoms with Crippen molar-refractivity contribution in [2.24, 2.45) is 0 Å². The third kappa shape index (κ3) is 1.10. The van der Waals surface area contributed by atoms with Crippen LogP contribution in [0.5, 0.6) is 0 Å². The largest absolute Gasteiger partial charge is 0.371 e. The van der Waals surface area contributed by atoms with Crippen LogP contribution in [0, 0.1) is 0 Å². The summed E-state index contributed by atoms with van der Waals surface area (Å²) in [6.07, 6.45) is 0.284. The molecular formula is C3H4BrClO. The molecule has 3 heteroatoms. The fourth-order valence-corrected chi connectivity index (χ4v) is 0.652. The van der Waals surface area contributed by atoms with E-state index in [0.717, 1.165) is 6.61 Å². The molecule has 2 unspecified atom stereocenters. The first kappa shape index (κ1) is 4.88. The van der Waals surface area contributed by atoms with Gasteiger partial charge in [0.15, 0.2) is 0 Å². The van der Waals surface area contributed by atoms with Crippen LogP contribution in [-0.4, -0.2) is 17.0 Å². The van der Waals surface area contributed by atoms with Crippen LogP contribution in [0.15, 0.2) is 0 Å². The molecule has 2 atom stereocenters. The van der Waals surface area contributed by atoms with E-state index >= 15 is 0 Å². The standard InChI is InChI=1S/C3H4BrClO/c4-3(5)2-1-6-2/h2-3H,1H2. The number of rotatable bonds is 1. The summed E-state index contributed by atoms with van der Waals surface area (Å²) < 4.78 is 4.82. The summed E-state index contributed by atoms with van der Waals surface area (Å²) in [5.74, 6) is 0. The first-order valence-electron chi connectivity index (χ1n) is 1.70. The number of ether oxygens (including phenoxy) is 1. The van der Waals surface area contributed by atoms with Crippen molar-refractivity contribution in [3.05, 3.63) is 0 Å². The van der Waals surface area contributed by atoms with Crippen molar-refractivity contribution in [1.82, 2.24) is 0 Å². The molecule has 0 aromatic heterocycles. The highest BCUT2D eigenvalue weighted by Crippen LogP contribution is 2.22. The van der Waals surface area contributed by atoms with Crippen LogP contribution in [0.1, 0.15) is 0 Å². The summed E-state index contributed by atoms with van der Waals surface area (Å²) >= 11 is 8.61. The third-order valence-corrected chi connectivity index (χ3v) is 1.51. The molecule has 1 fully saturated rings. The van der Waals surface area contributed by atoms with E-state index in [1.165, 1.54) is 0 Å². The molecule has 0 spiro atoms. The number of hydrogen-bond acceptors (Lipinski definition) is 1. The third-order valence-electron chi connectivity index (χ3n) is 0.640. The first-order valence-corrected chi connectivity index (χ1v) is 3.05. The fraction of sp³-hybridized carbons (Fsp3) is 1.00. The Morgan fingerprint density at radius 2 is 2.50 bits per heavy atom. The van der Waals surface area contributed by atoms with Crippen LogP contribution in [0.25, 0.3) is 0 Å². The van der Waals surface area contributed by atoms with Crippen molar-refractivity contribution in [1.29, 1.82) is 0 Å². The predicted octanol–water partition coefficient (Wildman–Crippen LogP) is 1.34. The topological polar surface area (TPSA) is 12.5 Å². The minimum absolute atomic E-state index is 0.0255. The van der Waals surface area contributed by atoms with E-state index in [9.17, 15) is 0 Å². The van der Waals surface area contributed by atoms with E-state index in [1.807, 2.05) is 0 Å². The minimum atomic E-state index is 0.0255. The molecule has 0 N–H and O–H groups in total. The molecule has 36 valence electrons. The van der Waals surface area contributed by atoms with Crippen LogP contribution in [0.3, 0.4) is 0 Å². The summed E-state index contributed by atoms with van der Waals surface area (Å²) in [5.41, 5.74) is 0. The highest BCUT2D eigenvalue weighted by atomic mass is 79.9. The second-order valence-electron chi connectivity index (χ2n) is 1.21. The van der Waals surface area contributed by atoms with Crippen molar-refractivity contribution in [2.45, 2.75) is 10.4 Å². The Kier molecular flexibility index (Phi) is 1.37. The van der Waals surface area contributed by atoms with E-state index < -0.39 is 0 Å². The summed E-state index contributed by atoms with van der Waals surface area (Å²) in [6, 6.07) is 0. The van der Waals surface area contributed by atoms with E-state index in [2.05, 4.69) is 15.9 Å². The SMILES string of the molecule is ClC(Br)C1CO1. The number of hydrogen-bond donors (Lipinski definition) is 0. The lowest BCUT2D eigenvalue weighted by molar-refractivity contribution is 0.421. The van der Waals surface area contributed by atoms with Crippen LogP contribution >= 0.6 is 27.5 Å². The molecule has 1 aliphatic heterocycles. The highest BCUT2D eigenvalue weighted by Gasteiger charge is 2.28. The molecule has 1 heterocycles. The Morgan fingerprint density at radius 1 is 2.00 bits per heavy atom. The molecule has 1 nitrogen and oxygen atoms in total. The number of alkyl halides is 2. The van der Waals surface area contributed by atoms with Gasteiger partial charge in [0.25, 0.3) is 0 Å². The molecule has 0 aromatic rings. The lowest BCUT2D eigenvalue weighted by Gasteiger charge is -1.85. The Balaban J connectivity index is 2.13. The maximum atomic E-state index is 5.47. The maximum absolute atomic E-state index is 5.47. The predicted molar refractivity (Wildman–Crippen MR) is 28.3 cm³/mol. The highest BCUT2D eigenvalue weighted by molar-refractivity contribution is 9.10. The molecule has 0 bridgehead atoms. The van der Waals surface area contributed by atoms with Crippen molar-refractivity contribution in [3.8, 4) is 0 Å². The molecule has 6 heavy (non-hydrogen) atoms. The first-order chi connectivity index (χ1) is 2.80. The van der Waals surface area contributed by atoms with Gasteiger partial charge in [-0.2, -0.15) is 0 Å². The molecule has 1 saturated heterocycles. The van der Waals surface area contributed by atoms with Gasteiger partial charge in [-0.25, -0.2) is 0 Å². The second kappa shape index (κ2) is 1.68. The van der Waals surface area contributed by atoms with Gasteiger partial charge in [-0.15, -0.1) is 11.6 Å². The van der Waals surface area contributed by atoms with Crippen molar-refractivity contribution in [3.63, 3.8) is 0 Å². The quantitative estimate of drug-likeness (QED) is 0.428. The fourth-order valence-electron chi connectivity index (χ4n) is 0.201. The van der Waals surface area contributed by atoms with Gasteiger partial charge in [0.2, 0.25) is 0 Å². The number of epoxide rings is 1. The summed E-state index contributed by atoms with van der Waals surface area (Å²) in [6.45, 7) is 0.819. The maximum Gasteiger partial charge on any atom is 0.117 e. The minimum Gasteiger partial charge on any atom is -0.371 e. The van der Waals surface area contributed by atoms with E-state index in [4.69, 9.17) is 16.3 Å². The Hall–Kier alpha value is 0.730. The van der Waals surface area contributed by atoms with Gasteiger partial charge in [0, 0.05) is 0 Å². The Bertz CT molecular complexity index is 52.8. The van der Waals surface area contributed by atoms with Gasteiger partial charge in [0.1, 0.15) is 10.4 Å². The van der Waals surface area contributed by atoms with Gasteiger partial charge in [0.05, 0.1) is 6.61 Å². The molecule has 0 aliphatic carbocycles. The molecule has 0 radical (unpaired) electrons. The molecule has 1 rings (SSSR count). The van der Waals surface area contributed by atoms with Gasteiger partial charge in [-0.3, -0.25) is 0 Å². The zero-order valence-electron chi connectivity index (χ0n) is 3.03. The zero-order valence-corrected chi connectivity index (χ0v) is 5.37. The van der Waals surface area contributed by atoms with Crippen molar-refractivity contribution >= 4 is 27.5 Å². The average molecular weight is 171 g/mol. The van der Waals surface area contributed by atoms with Crippen LogP contribution in [0.4, 0.5) is 0 Å². The molecule has 1 aliphatic rings. The Morgan fingerprint density at radius 3 is 2.50 bits per heavy atom. The molecule has 0 aromatic carbocycles. The Labute approximate surface area is 49.7 Å². The summed E-state index contributed by atoms with van der Waals surface area (Å²) in [4.78, 5) is 0. The van der Waals surface area contributed by atoms with Gasteiger partial charge in [-0.05, 0) is 0 Å². The average Bonchev–Trinajstić information content (AvgIpc) is 2.06. The second-order valence-corrected chi connectivity index (χ2v) is 3.19. The van der Waals surface area contributed by atoms with Gasteiger partial charge < -0.3 is 4.74 Å². The molecule has 0 amide bonds. The zero-order chi connectivity index (χ0) is 4.57. The lowest BCUT2D eigenvalue weighted by Crippen LogP contribution is -1.93. The molecule has 0 saturated carbocycles. The van der Waals surface area contributed by atoms with Crippen molar-refractivity contribution in [2.75, 3.05) is 6.61 Å². The van der Waals surface area contributed by atoms with Crippen molar-refractivity contribution < 1.29 is 4.74 Å². The molecular weight excluding hydrogens is 167 g/mol. The van der Waals surface area contributed by atoms with E-state index in [1.54, 1.807) is 0 Å². The van der Waals surface area contributed by atoms with Crippen LogP contribution in [-0.2, 0) is 4.74 Å². The lowest BCUT2D eigenvalue weighted by atomic mass is 10.6. The summed E-state index contributed by atoms with van der Waals surface area (Å²) in [7, 11) is 0. The van der Waals surface area contributed by atoms with Gasteiger partial charge >= 0.3 is 0 Å². The normalized spacial score (nSPS) is 36.0.